The Bertz CT molecular complexity index is 464. The van der Waals surface area contributed by atoms with Gasteiger partial charge in [-0.3, -0.25) is 14.9 Å². The van der Waals surface area contributed by atoms with Crippen LogP contribution in [0.2, 0.25) is 0 Å². The van der Waals surface area contributed by atoms with E-state index in [9.17, 15) is 4.79 Å². The van der Waals surface area contributed by atoms with Crippen LogP contribution in [0.15, 0.2) is 31.0 Å². The molecule has 1 N–H and O–H groups in total. The topological polar surface area (TPSA) is 72.7 Å². The van der Waals surface area contributed by atoms with E-state index in [1.54, 1.807) is 19.3 Å². The minimum absolute atomic E-state index is 0.300. The predicted octanol–water partition coefficient (Wildman–Crippen LogP) is 1.06. The van der Waals surface area contributed by atoms with Gasteiger partial charge in [0, 0.05) is 24.8 Å². The van der Waals surface area contributed by atoms with E-state index in [0.717, 1.165) is 0 Å². The van der Waals surface area contributed by atoms with Crippen LogP contribution in [0.25, 0.3) is 0 Å². The second-order valence-electron chi connectivity index (χ2n) is 2.87. The molecule has 6 heteroatoms. The molecule has 6 nitrogen and oxygen atoms in total. The molecule has 76 valence electrons. The number of amides is 1. The lowest BCUT2D eigenvalue weighted by atomic mass is 10.6. The second kappa shape index (κ2) is 3.87. The molecule has 0 atom stereocenters. The summed E-state index contributed by atoms with van der Waals surface area (Å²) in [5, 5.41) is 2.60. The van der Waals surface area contributed by atoms with Crippen molar-refractivity contribution in [2.24, 2.45) is 0 Å². The smallest absolute Gasteiger partial charge is 0.290 e. The van der Waals surface area contributed by atoms with Gasteiger partial charge in [-0.2, -0.15) is 0 Å². The molecule has 0 aromatic carbocycles. The minimum atomic E-state index is -0.300. The van der Waals surface area contributed by atoms with Crippen molar-refractivity contribution in [3.8, 4) is 0 Å². The molecule has 0 radical (unpaired) electrons. The van der Waals surface area contributed by atoms with Crippen molar-refractivity contribution in [3.63, 3.8) is 0 Å². The number of rotatable bonds is 1. The fraction of sp³-hybridized carbons (Fsp3) is 0.111. The van der Waals surface area contributed by atoms with E-state index in [-0.39, 0.29) is 6.03 Å². The second-order valence-corrected chi connectivity index (χ2v) is 2.87. The molecule has 2 aromatic rings. The van der Waals surface area contributed by atoms with E-state index in [2.05, 4.69) is 20.3 Å². The first kappa shape index (κ1) is 9.32. The molecule has 0 aliphatic carbocycles. The maximum Gasteiger partial charge on any atom is 0.332 e. The Morgan fingerprint density at radius 2 is 2.20 bits per heavy atom. The van der Waals surface area contributed by atoms with E-state index in [4.69, 9.17) is 0 Å². The standard InChI is InChI=1S/C9H9N5O/c1-7-11-4-5-14(7)9(15)13-8-6-10-2-3-12-8/h2-6H,1H3,(H,12,13,15). The summed E-state index contributed by atoms with van der Waals surface area (Å²) in [4.78, 5) is 23.4. The van der Waals surface area contributed by atoms with Gasteiger partial charge < -0.3 is 0 Å². The molecule has 0 bridgehead atoms. The molecule has 2 heterocycles. The van der Waals surface area contributed by atoms with Gasteiger partial charge in [0.25, 0.3) is 0 Å². The highest BCUT2D eigenvalue weighted by Gasteiger charge is 2.07. The first-order valence-electron chi connectivity index (χ1n) is 4.34. The maximum atomic E-state index is 11.6. The molecule has 0 fully saturated rings. The van der Waals surface area contributed by atoms with Crippen LogP contribution < -0.4 is 5.32 Å². The molecule has 1 amide bonds. The number of nitrogens with zero attached hydrogens (tertiary/aromatic N) is 4. The van der Waals surface area contributed by atoms with Crippen LogP contribution in [0, 0.1) is 6.92 Å². The lowest BCUT2D eigenvalue weighted by molar-refractivity contribution is 0.253. The third-order valence-corrected chi connectivity index (χ3v) is 1.84. The van der Waals surface area contributed by atoms with Crippen molar-refractivity contribution in [2.75, 3.05) is 5.32 Å². The Balaban J connectivity index is 2.15. The van der Waals surface area contributed by atoms with Crippen LogP contribution in [0.5, 0.6) is 0 Å². The summed E-state index contributed by atoms with van der Waals surface area (Å²) in [5.41, 5.74) is 0. The average molecular weight is 203 g/mol. The van der Waals surface area contributed by atoms with Crippen molar-refractivity contribution >= 4 is 11.8 Å². The lowest BCUT2D eigenvalue weighted by Crippen LogP contribution is -2.20. The zero-order valence-electron chi connectivity index (χ0n) is 8.08. The quantitative estimate of drug-likeness (QED) is 0.752. The maximum absolute atomic E-state index is 11.6. The number of imidazole rings is 1. The normalized spacial score (nSPS) is 9.93. The van der Waals surface area contributed by atoms with Crippen molar-refractivity contribution < 1.29 is 4.79 Å². The van der Waals surface area contributed by atoms with Gasteiger partial charge in [0.15, 0.2) is 5.82 Å². The number of carbonyl (C=O) groups excluding carboxylic acids is 1. The zero-order chi connectivity index (χ0) is 10.7. The summed E-state index contributed by atoms with van der Waals surface area (Å²) in [7, 11) is 0. The van der Waals surface area contributed by atoms with Crippen LogP contribution in [0.1, 0.15) is 5.82 Å². The SMILES string of the molecule is Cc1nccn1C(=O)Nc1cnccn1. The first-order valence-corrected chi connectivity index (χ1v) is 4.34. The Morgan fingerprint density at radius 1 is 1.33 bits per heavy atom. The molecule has 0 saturated carbocycles. The first-order chi connectivity index (χ1) is 7.27. The third kappa shape index (κ3) is 1.98. The van der Waals surface area contributed by atoms with Gasteiger partial charge in [0.2, 0.25) is 0 Å². The third-order valence-electron chi connectivity index (χ3n) is 1.84. The van der Waals surface area contributed by atoms with Crippen LogP contribution in [-0.4, -0.2) is 25.6 Å². The number of carbonyl (C=O) groups is 1. The molecule has 0 aliphatic heterocycles. The highest BCUT2D eigenvalue weighted by atomic mass is 16.2. The lowest BCUT2D eigenvalue weighted by Gasteiger charge is -2.04. The van der Waals surface area contributed by atoms with E-state index in [0.29, 0.717) is 11.6 Å². The molecule has 15 heavy (non-hydrogen) atoms. The van der Waals surface area contributed by atoms with Gasteiger partial charge in [-0.05, 0) is 6.92 Å². The molecule has 2 aromatic heterocycles. The van der Waals surface area contributed by atoms with Gasteiger partial charge in [-0.1, -0.05) is 0 Å². The summed E-state index contributed by atoms with van der Waals surface area (Å²) in [5.74, 6) is 1.03. The number of anilines is 1. The minimum Gasteiger partial charge on any atom is -0.290 e. The van der Waals surface area contributed by atoms with Gasteiger partial charge >= 0.3 is 6.03 Å². The van der Waals surface area contributed by atoms with E-state index >= 15 is 0 Å². The highest BCUT2D eigenvalue weighted by molar-refractivity contribution is 5.90. The van der Waals surface area contributed by atoms with Crippen LogP contribution in [-0.2, 0) is 0 Å². The van der Waals surface area contributed by atoms with Gasteiger partial charge in [0.1, 0.15) is 5.82 Å². The average Bonchev–Trinajstić information content (AvgIpc) is 2.66. The fourth-order valence-corrected chi connectivity index (χ4v) is 1.13. The van der Waals surface area contributed by atoms with Gasteiger partial charge in [-0.15, -0.1) is 0 Å². The van der Waals surface area contributed by atoms with Crippen molar-refractivity contribution in [3.05, 3.63) is 36.8 Å². The number of hydrogen-bond acceptors (Lipinski definition) is 4. The summed E-state index contributed by atoms with van der Waals surface area (Å²) in [6, 6.07) is -0.300. The number of nitrogens with one attached hydrogen (secondary N) is 1. The van der Waals surface area contributed by atoms with Crippen LogP contribution in [0.3, 0.4) is 0 Å². The van der Waals surface area contributed by atoms with E-state index in [1.165, 1.54) is 23.2 Å². The number of aromatic nitrogens is 4. The van der Waals surface area contributed by atoms with E-state index in [1.807, 2.05) is 0 Å². The predicted molar refractivity (Wildman–Crippen MR) is 53.4 cm³/mol. The number of hydrogen-bond donors (Lipinski definition) is 1. The molecule has 2 rings (SSSR count). The molecular weight excluding hydrogens is 194 g/mol. The zero-order valence-corrected chi connectivity index (χ0v) is 8.08. The Labute approximate surface area is 86.0 Å². The Morgan fingerprint density at radius 3 is 2.80 bits per heavy atom. The van der Waals surface area contributed by atoms with Crippen molar-refractivity contribution in [1.29, 1.82) is 0 Å². The summed E-state index contributed by atoms with van der Waals surface area (Å²) in [6.45, 7) is 1.75. The van der Waals surface area contributed by atoms with Crippen LogP contribution in [0.4, 0.5) is 10.6 Å². The van der Waals surface area contributed by atoms with Crippen LogP contribution >= 0.6 is 0 Å². The summed E-state index contributed by atoms with van der Waals surface area (Å²) >= 11 is 0. The molecule has 0 aliphatic rings. The van der Waals surface area contributed by atoms with Gasteiger partial charge in [0.05, 0.1) is 6.20 Å². The number of aryl methyl sites for hydroxylation is 1. The summed E-state index contributed by atoms with van der Waals surface area (Å²) < 4.78 is 1.40. The van der Waals surface area contributed by atoms with Crippen molar-refractivity contribution in [1.82, 2.24) is 19.5 Å². The van der Waals surface area contributed by atoms with E-state index < -0.39 is 0 Å². The monoisotopic (exact) mass is 203 g/mol. The largest absolute Gasteiger partial charge is 0.332 e. The molecular formula is C9H9N5O. The summed E-state index contributed by atoms with van der Waals surface area (Å²) in [6.07, 6.45) is 7.67. The Hall–Kier alpha value is -2.24. The van der Waals surface area contributed by atoms with Crippen molar-refractivity contribution in [2.45, 2.75) is 6.92 Å². The molecule has 0 saturated heterocycles. The van der Waals surface area contributed by atoms with Gasteiger partial charge in [-0.25, -0.2) is 14.8 Å². The molecule has 0 unspecified atom stereocenters. The molecule has 0 spiro atoms. The highest BCUT2D eigenvalue weighted by Crippen LogP contribution is 2.01. The Kier molecular flexibility index (Phi) is 2.40. The fourth-order valence-electron chi connectivity index (χ4n) is 1.13.